The average molecular weight is 527 g/mol. The molecule has 0 fully saturated rings. The van der Waals surface area contributed by atoms with E-state index in [0.717, 1.165) is 34.6 Å². The molecule has 0 aliphatic heterocycles. The Morgan fingerprint density at radius 1 is 1.14 bits per heavy atom. The molecular formula is C27H27FN2O4S2. The number of anilines is 2. The molecule has 1 aromatic heterocycles. The maximum Gasteiger partial charge on any atom is 0.341 e. The van der Waals surface area contributed by atoms with Crippen LogP contribution in [-0.4, -0.2) is 30.1 Å². The minimum absolute atomic E-state index is 0.0437. The number of hydrogen-bond donors (Lipinski definition) is 2. The number of hydrogen-bond acceptors (Lipinski definition) is 6. The molecule has 6 nitrogen and oxygen atoms in total. The number of methoxy groups -OCH3 is 1. The highest BCUT2D eigenvalue weighted by atomic mass is 32.2. The number of nitrogens with one attached hydrogen (secondary N) is 2. The van der Waals surface area contributed by atoms with Crippen molar-refractivity contribution >= 4 is 51.6 Å². The lowest BCUT2D eigenvalue weighted by atomic mass is 9.88. The minimum Gasteiger partial charge on any atom is -0.465 e. The van der Waals surface area contributed by atoms with Crippen LogP contribution in [0.3, 0.4) is 0 Å². The summed E-state index contributed by atoms with van der Waals surface area (Å²) in [7, 11) is 1.35. The number of halogens is 1. The van der Waals surface area contributed by atoms with Gasteiger partial charge in [-0.1, -0.05) is 25.1 Å². The molecule has 0 radical (unpaired) electrons. The fourth-order valence-corrected chi connectivity index (χ4v) is 6.45. The number of benzene rings is 2. The second-order valence-corrected chi connectivity index (χ2v) is 11.3. The first kappa shape index (κ1) is 25.9. The quantitative estimate of drug-likeness (QED) is 0.284. The van der Waals surface area contributed by atoms with E-state index in [4.69, 9.17) is 4.74 Å². The predicted molar refractivity (Wildman–Crippen MR) is 142 cm³/mol. The molecule has 9 heteroatoms. The van der Waals surface area contributed by atoms with Crippen molar-refractivity contribution in [2.75, 3.05) is 17.7 Å². The van der Waals surface area contributed by atoms with Crippen molar-refractivity contribution in [2.24, 2.45) is 5.92 Å². The fourth-order valence-electron chi connectivity index (χ4n) is 4.12. The normalized spacial score (nSPS) is 15.5. The van der Waals surface area contributed by atoms with Crippen LogP contribution >= 0.6 is 23.1 Å². The molecule has 0 bridgehead atoms. The van der Waals surface area contributed by atoms with Gasteiger partial charge >= 0.3 is 5.97 Å². The van der Waals surface area contributed by atoms with Crippen molar-refractivity contribution in [3.05, 3.63) is 75.9 Å². The summed E-state index contributed by atoms with van der Waals surface area (Å²) in [5.41, 5.74) is 1.90. The van der Waals surface area contributed by atoms with Crippen LogP contribution in [0.5, 0.6) is 0 Å². The number of carbonyl (C=O) groups is 3. The number of ether oxygens (including phenoxy) is 1. The Bertz CT molecular complexity index is 1310. The van der Waals surface area contributed by atoms with E-state index in [1.807, 2.05) is 6.07 Å². The van der Waals surface area contributed by atoms with E-state index in [1.165, 1.54) is 48.4 Å². The molecule has 4 rings (SSSR count). The lowest BCUT2D eigenvalue weighted by Crippen LogP contribution is -2.23. The zero-order valence-electron chi connectivity index (χ0n) is 20.2. The Labute approximate surface area is 217 Å². The van der Waals surface area contributed by atoms with E-state index in [1.54, 1.807) is 31.2 Å². The van der Waals surface area contributed by atoms with Crippen molar-refractivity contribution in [3.8, 4) is 0 Å². The van der Waals surface area contributed by atoms with E-state index in [0.29, 0.717) is 22.2 Å². The van der Waals surface area contributed by atoms with Gasteiger partial charge in [0.15, 0.2) is 0 Å². The van der Waals surface area contributed by atoms with Crippen LogP contribution in [0.4, 0.5) is 15.1 Å². The number of thiophene rings is 1. The van der Waals surface area contributed by atoms with Crippen LogP contribution in [0.15, 0.2) is 53.4 Å². The van der Waals surface area contributed by atoms with Crippen LogP contribution in [0, 0.1) is 11.7 Å². The van der Waals surface area contributed by atoms with Gasteiger partial charge in [0.05, 0.1) is 23.5 Å². The average Bonchev–Trinajstić information content (AvgIpc) is 3.20. The molecule has 36 heavy (non-hydrogen) atoms. The van der Waals surface area contributed by atoms with Gasteiger partial charge in [-0.3, -0.25) is 9.59 Å². The van der Waals surface area contributed by atoms with E-state index in [9.17, 15) is 18.8 Å². The Morgan fingerprint density at radius 3 is 2.67 bits per heavy atom. The molecule has 2 unspecified atom stereocenters. The molecule has 188 valence electrons. The summed E-state index contributed by atoms with van der Waals surface area (Å²) >= 11 is 2.77. The first-order chi connectivity index (χ1) is 17.3. The van der Waals surface area contributed by atoms with Gasteiger partial charge in [-0.2, -0.15) is 0 Å². The third-order valence-electron chi connectivity index (χ3n) is 6.03. The molecule has 1 heterocycles. The Balaban J connectivity index is 1.45. The number of fused-ring (bicyclic) bond motifs is 1. The lowest BCUT2D eigenvalue weighted by Gasteiger charge is -2.18. The van der Waals surface area contributed by atoms with Gasteiger partial charge < -0.3 is 15.4 Å². The molecule has 2 aromatic carbocycles. The van der Waals surface area contributed by atoms with Crippen molar-refractivity contribution < 1.29 is 23.5 Å². The predicted octanol–water partition coefficient (Wildman–Crippen LogP) is 6.17. The highest BCUT2D eigenvalue weighted by molar-refractivity contribution is 8.00. The SMILES string of the molecule is COC(=O)c1c(NC(=O)C(C)Sc2cccc(NC(=O)c3ccccc3F)c2)sc2c1CCC(C)C2. The molecular weight excluding hydrogens is 499 g/mol. The van der Waals surface area contributed by atoms with Crippen molar-refractivity contribution in [2.45, 2.75) is 43.3 Å². The van der Waals surface area contributed by atoms with Gasteiger partial charge in [0.25, 0.3) is 5.91 Å². The fraction of sp³-hybridized carbons (Fsp3) is 0.296. The molecule has 0 spiro atoms. The van der Waals surface area contributed by atoms with Gasteiger partial charge in [-0.15, -0.1) is 23.1 Å². The van der Waals surface area contributed by atoms with Gasteiger partial charge in [0.2, 0.25) is 5.91 Å². The van der Waals surface area contributed by atoms with Crippen LogP contribution in [0.1, 0.15) is 51.4 Å². The highest BCUT2D eigenvalue weighted by Crippen LogP contribution is 2.40. The van der Waals surface area contributed by atoms with E-state index in [2.05, 4.69) is 17.6 Å². The highest BCUT2D eigenvalue weighted by Gasteiger charge is 2.29. The molecule has 2 amide bonds. The van der Waals surface area contributed by atoms with E-state index >= 15 is 0 Å². The molecule has 2 N–H and O–H groups in total. The van der Waals surface area contributed by atoms with Crippen molar-refractivity contribution in [3.63, 3.8) is 0 Å². The van der Waals surface area contributed by atoms with Crippen LogP contribution in [-0.2, 0) is 22.4 Å². The molecule has 0 saturated carbocycles. The Morgan fingerprint density at radius 2 is 1.92 bits per heavy atom. The summed E-state index contributed by atoms with van der Waals surface area (Å²) in [5, 5.41) is 5.69. The summed E-state index contributed by atoms with van der Waals surface area (Å²) < 4.78 is 18.9. The molecule has 0 saturated heterocycles. The van der Waals surface area contributed by atoms with Gasteiger partial charge in [-0.25, -0.2) is 9.18 Å². The number of carbonyl (C=O) groups excluding carboxylic acids is 3. The maximum absolute atomic E-state index is 13.9. The first-order valence-electron chi connectivity index (χ1n) is 11.6. The second-order valence-electron chi connectivity index (χ2n) is 8.76. The Kier molecular flexibility index (Phi) is 8.11. The second kappa shape index (κ2) is 11.3. The van der Waals surface area contributed by atoms with Crippen LogP contribution in [0.2, 0.25) is 0 Å². The number of rotatable bonds is 7. The van der Waals surface area contributed by atoms with Crippen molar-refractivity contribution in [1.29, 1.82) is 0 Å². The zero-order chi connectivity index (χ0) is 25.8. The van der Waals surface area contributed by atoms with E-state index in [-0.39, 0.29) is 11.5 Å². The monoisotopic (exact) mass is 526 g/mol. The summed E-state index contributed by atoms with van der Waals surface area (Å²) in [6, 6.07) is 12.8. The molecule has 3 aromatic rings. The maximum atomic E-state index is 13.9. The molecule has 1 aliphatic carbocycles. The van der Waals surface area contributed by atoms with Gasteiger partial charge in [0, 0.05) is 15.5 Å². The topological polar surface area (TPSA) is 84.5 Å². The lowest BCUT2D eigenvalue weighted by molar-refractivity contribution is -0.115. The third kappa shape index (κ3) is 5.79. The Hall–Kier alpha value is -3.17. The van der Waals surface area contributed by atoms with Crippen LogP contribution < -0.4 is 10.6 Å². The summed E-state index contributed by atoms with van der Waals surface area (Å²) in [6.45, 7) is 3.96. The minimum atomic E-state index is -0.595. The van der Waals surface area contributed by atoms with Crippen molar-refractivity contribution in [1.82, 2.24) is 0 Å². The first-order valence-corrected chi connectivity index (χ1v) is 13.3. The molecule has 2 atom stereocenters. The summed E-state index contributed by atoms with van der Waals surface area (Å²) in [5.74, 6) is -1.28. The summed E-state index contributed by atoms with van der Waals surface area (Å²) in [4.78, 5) is 39.9. The smallest absolute Gasteiger partial charge is 0.341 e. The largest absolute Gasteiger partial charge is 0.465 e. The van der Waals surface area contributed by atoms with Crippen LogP contribution in [0.25, 0.3) is 0 Å². The number of amides is 2. The van der Waals surface area contributed by atoms with E-state index < -0.39 is 22.9 Å². The number of esters is 1. The third-order valence-corrected chi connectivity index (χ3v) is 8.29. The van der Waals surface area contributed by atoms with Gasteiger partial charge in [-0.05, 0) is 68.0 Å². The summed E-state index contributed by atoms with van der Waals surface area (Å²) in [6.07, 6.45) is 2.68. The number of thioether (sulfide) groups is 1. The standard InChI is InChI=1S/C27H27FN2O4S2/c1-15-11-12-20-22(13-15)36-26(23(20)27(33)34-3)30-24(31)16(2)35-18-8-6-7-17(14-18)29-25(32)19-9-4-5-10-21(19)28/h4-10,14-16H,11-13H2,1-3H3,(H,29,32)(H,30,31). The molecule has 1 aliphatic rings. The zero-order valence-corrected chi connectivity index (χ0v) is 21.9. The van der Waals surface area contributed by atoms with Gasteiger partial charge in [0.1, 0.15) is 10.8 Å².